The van der Waals surface area contributed by atoms with E-state index in [1.807, 2.05) is 6.07 Å². The van der Waals surface area contributed by atoms with Crippen LogP contribution < -0.4 is 15.3 Å². The van der Waals surface area contributed by atoms with Crippen molar-refractivity contribution in [1.82, 2.24) is 24.8 Å². The van der Waals surface area contributed by atoms with Crippen LogP contribution in [0.4, 0.5) is 10.2 Å². The van der Waals surface area contributed by atoms with Crippen LogP contribution in [0.15, 0.2) is 53.7 Å². The number of rotatable bonds is 8. The Morgan fingerprint density at radius 1 is 1.05 bits per heavy atom. The lowest BCUT2D eigenvalue weighted by molar-refractivity contribution is 0.270. The monoisotopic (exact) mass is 530 g/mol. The van der Waals surface area contributed by atoms with Crippen LogP contribution in [0, 0.1) is 17.2 Å². The van der Waals surface area contributed by atoms with Crippen molar-refractivity contribution in [3.8, 4) is 11.5 Å². The van der Waals surface area contributed by atoms with Gasteiger partial charge in [-0.2, -0.15) is 0 Å². The van der Waals surface area contributed by atoms with Crippen molar-refractivity contribution < 1.29 is 9.13 Å². The van der Waals surface area contributed by atoms with Gasteiger partial charge in [0.2, 0.25) is 0 Å². The first-order valence-corrected chi connectivity index (χ1v) is 13.8. The highest BCUT2D eigenvalue weighted by atomic mass is 19.1. The van der Waals surface area contributed by atoms with Gasteiger partial charge < -0.3 is 19.6 Å². The summed E-state index contributed by atoms with van der Waals surface area (Å²) in [6.45, 7) is 9.06. The van der Waals surface area contributed by atoms with E-state index in [0.29, 0.717) is 17.4 Å². The van der Waals surface area contributed by atoms with Gasteiger partial charge in [0, 0.05) is 31.6 Å². The molecule has 4 aromatic rings. The minimum Gasteiger partial charge on any atom is -0.452 e. The number of hydrogen-bond donors (Lipinski definition) is 2. The number of aromatic nitrogens is 4. The predicted octanol–water partition coefficient (Wildman–Crippen LogP) is 5.27. The minimum atomic E-state index is -0.251. The van der Waals surface area contributed by atoms with Gasteiger partial charge in [0.1, 0.15) is 17.9 Å². The zero-order chi connectivity index (χ0) is 27.0. The van der Waals surface area contributed by atoms with E-state index < -0.39 is 0 Å². The summed E-state index contributed by atoms with van der Waals surface area (Å²) in [5.41, 5.74) is 3.78. The molecule has 6 rings (SSSR count). The summed E-state index contributed by atoms with van der Waals surface area (Å²) in [7, 11) is 0. The average Bonchev–Trinajstić information content (AvgIpc) is 3.62. The molecule has 0 saturated carbocycles. The molecule has 2 aliphatic heterocycles. The van der Waals surface area contributed by atoms with Gasteiger partial charge in [-0.25, -0.2) is 19.2 Å². The molecular weight excluding hydrogens is 495 g/mol. The van der Waals surface area contributed by atoms with Crippen molar-refractivity contribution in [2.45, 2.75) is 46.1 Å². The minimum absolute atomic E-state index is 0.174. The van der Waals surface area contributed by atoms with Crippen molar-refractivity contribution in [1.29, 1.82) is 0 Å². The number of benzene rings is 2. The molecule has 0 radical (unpaired) electrons. The molecule has 0 amide bonds. The largest absolute Gasteiger partial charge is 0.452 e. The molecule has 8 nitrogen and oxygen atoms in total. The maximum atomic E-state index is 14.0. The van der Waals surface area contributed by atoms with Crippen LogP contribution in [-0.4, -0.2) is 51.0 Å². The number of aryl methyl sites for hydroxylation is 1. The Labute approximate surface area is 227 Å². The topological polar surface area (TPSA) is 90.1 Å². The van der Waals surface area contributed by atoms with E-state index in [2.05, 4.69) is 55.7 Å². The quantitative estimate of drug-likeness (QED) is 0.323. The normalized spacial score (nSPS) is 19.6. The molecule has 2 fully saturated rings. The third kappa shape index (κ3) is 5.54. The van der Waals surface area contributed by atoms with E-state index in [1.165, 1.54) is 11.6 Å². The molecule has 1 unspecified atom stereocenters. The predicted molar refractivity (Wildman–Crippen MR) is 150 cm³/mol. The van der Waals surface area contributed by atoms with Crippen LogP contribution in [0.1, 0.15) is 44.2 Å². The third-order valence-corrected chi connectivity index (χ3v) is 8.13. The number of imidazole rings is 1. The number of likely N-dealkylation sites (tertiary alicyclic amines) is 1. The van der Waals surface area contributed by atoms with Crippen molar-refractivity contribution in [3.63, 3.8) is 0 Å². The molecule has 39 heavy (non-hydrogen) atoms. The van der Waals surface area contributed by atoms with Crippen LogP contribution >= 0.6 is 0 Å². The first kappa shape index (κ1) is 25.6. The molecule has 1 atom stereocenters. The number of halogens is 1. The van der Waals surface area contributed by atoms with Gasteiger partial charge in [0.25, 0.3) is 0 Å². The van der Waals surface area contributed by atoms with Gasteiger partial charge in [0.15, 0.2) is 11.6 Å². The SMILES string of the molecule is CC(C)CCc1cc(F)ccc1Oc1cncnc1N1CCC2(CCN(Cc3ccc4[nH]c(=O)[nH]c4c3)C2)C1. The molecule has 2 aromatic heterocycles. The molecule has 1 spiro atoms. The van der Waals surface area contributed by atoms with Gasteiger partial charge in [-0.1, -0.05) is 19.9 Å². The second-order valence-corrected chi connectivity index (χ2v) is 11.6. The Balaban J connectivity index is 1.15. The van der Waals surface area contributed by atoms with Gasteiger partial charge in [-0.3, -0.25) is 4.90 Å². The summed E-state index contributed by atoms with van der Waals surface area (Å²) in [6, 6.07) is 10.9. The van der Waals surface area contributed by atoms with E-state index >= 15 is 0 Å². The lowest BCUT2D eigenvalue weighted by Crippen LogP contribution is -2.31. The average molecular weight is 531 g/mol. The molecule has 2 aromatic carbocycles. The van der Waals surface area contributed by atoms with Gasteiger partial charge in [0.05, 0.1) is 17.2 Å². The van der Waals surface area contributed by atoms with Crippen molar-refractivity contribution in [2.75, 3.05) is 31.1 Å². The van der Waals surface area contributed by atoms with Crippen molar-refractivity contribution in [2.24, 2.45) is 11.3 Å². The van der Waals surface area contributed by atoms with Crippen LogP contribution in [0.3, 0.4) is 0 Å². The van der Waals surface area contributed by atoms with Gasteiger partial charge in [-0.15, -0.1) is 0 Å². The number of anilines is 1. The smallest absolute Gasteiger partial charge is 0.323 e. The fourth-order valence-corrected chi connectivity index (χ4v) is 6.07. The Hall–Kier alpha value is -3.72. The molecule has 2 saturated heterocycles. The summed E-state index contributed by atoms with van der Waals surface area (Å²) >= 11 is 0. The van der Waals surface area contributed by atoms with E-state index in [0.717, 1.165) is 80.8 Å². The second kappa shape index (κ2) is 10.4. The summed E-state index contributed by atoms with van der Waals surface area (Å²) < 4.78 is 20.4. The summed E-state index contributed by atoms with van der Waals surface area (Å²) in [5.74, 6) is 2.33. The summed E-state index contributed by atoms with van der Waals surface area (Å²) in [6.07, 6.45) is 7.22. The molecule has 4 heterocycles. The number of nitrogens with zero attached hydrogens (tertiary/aromatic N) is 4. The zero-order valence-corrected chi connectivity index (χ0v) is 22.5. The summed E-state index contributed by atoms with van der Waals surface area (Å²) in [5, 5.41) is 0. The molecule has 2 aliphatic rings. The standard InChI is InChI=1S/C30H35FN6O2/c1-20(2)3-5-22-14-23(31)6-8-26(22)39-27-15-32-19-33-28(27)37-12-10-30(18-37)9-11-36(17-30)16-21-4-7-24-25(13-21)35-29(38)34-24/h4,6-8,13-15,19-20H,3,5,9-12,16-18H2,1-2H3,(H2,34,35,38). The highest BCUT2D eigenvalue weighted by Crippen LogP contribution is 2.43. The highest BCUT2D eigenvalue weighted by Gasteiger charge is 2.44. The number of aromatic amines is 2. The first-order chi connectivity index (χ1) is 18.9. The fraction of sp³-hybridized carbons (Fsp3) is 0.433. The number of ether oxygens (including phenoxy) is 1. The Bertz CT molecular complexity index is 1530. The lowest BCUT2D eigenvalue weighted by Gasteiger charge is -2.26. The maximum absolute atomic E-state index is 14.0. The summed E-state index contributed by atoms with van der Waals surface area (Å²) in [4.78, 5) is 31.0. The van der Waals surface area contributed by atoms with Crippen molar-refractivity contribution >= 4 is 16.9 Å². The van der Waals surface area contributed by atoms with E-state index in [1.54, 1.807) is 24.7 Å². The Kier molecular flexibility index (Phi) is 6.85. The second-order valence-electron chi connectivity index (χ2n) is 11.6. The van der Waals surface area contributed by atoms with E-state index in [-0.39, 0.29) is 16.9 Å². The molecule has 9 heteroatoms. The van der Waals surface area contributed by atoms with Crippen LogP contribution in [-0.2, 0) is 13.0 Å². The number of fused-ring (bicyclic) bond motifs is 1. The zero-order valence-electron chi connectivity index (χ0n) is 22.5. The van der Waals surface area contributed by atoms with Crippen molar-refractivity contribution in [3.05, 3.63) is 76.4 Å². The van der Waals surface area contributed by atoms with Crippen LogP contribution in [0.25, 0.3) is 11.0 Å². The lowest BCUT2D eigenvalue weighted by atomic mass is 9.86. The highest BCUT2D eigenvalue weighted by molar-refractivity contribution is 5.75. The fourth-order valence-electron chi connectivity index (χ4n) is 6.07. The number of H-pyrrole nitrogens is 2. The Morgan fingerprint density at radius 3 is 2.77 bits per heavy atom. The Morgan fingerprint density at radius 2 is 1.90 bits per heavy atom. The van der Waals surface area contributed by atoms with Gasteiger partial charge in [-0.05, 0) is 79.6 Å². The number of hydrogen-bond acceptors (Lipinski definition) is 6. The molecule has 0 aliphatic carbocycles. The molecule has 2 N–H and O–H groups in total. The maximum Gasteiger partial charge on any atom is 0.323 e. The van der Waals surface area contributed by atoms with E-state index in [9.17, 15) is 9.18 Å². The molecular formula is C30H35FN6O2. The first-order valence-electron chi connectivity index (χ1n) is 13.8. The van der Waals surface area contributed by atoms with Crippen LogP contribution in [0.5, 0.6) is 11.5 Å². The number of nitrogens with one attached hydrogen (secondary N) is 2. The molecule has 0 bridgehead atoms. The van der Waals surface area contributed by atoms with Crippen LogP contribution in [0.2, 0.25) is 0 Å². The molecule has 204 valence electrons. The van der Waals surface area contributed by atoms with E-state index in [4.69, 9.17) is 4.74 Å². The third-order valence-electron chi connectivity index (χ3n) is 8.13. The van der Waals surface area contributed by atoms with Gasteiger partial charge >= 0.3 is 5.69 Å².